The summed E-state index contributed by atoms with van der Waals surface area (Å²) in [6.45, 7) is 0. The summed E-state index contributed by atoms with van der Waals surface area (Å²) < 4.78 is 18.3. The summed E-state index contributed by atoms with van der Waals surface area (Å²) in [7, 11) is 1.21. The summed E-state index contributed by atoms with van der Waals surface area (Å²) >= 11 is 0. The molecule has 0 bridgehead atoms. The molecule has 4 nitrogen and oxygen atoms in total. The average molecular weight is 309 g/mol. The lowest BCUT2D eigenvalue weighted by molar-refractivity contribution is 0.0599. The Morgan fingerprint density at radius 2 is 1.83 bits per heavy atom. The van der Waals surface area contributed by atoms with Crippen LogP contribution in [0.5, 0.6) is 0 Å². The standard InChI is InChI=1S/C18H12FNO3/c1-23-18(22)16-13-9-12(19)7-8-15(13)20-10-14(16)17(21)11-5-3-2-4-6-11/h2-10H,1H3. The molecule has 0 saturated heterocycles. The van der Waals surface area contributed by atoms with E-state index in [1.807, 2.05) is 0 Å². The van der Waals surface area contributed by atoms with E-state index in [2.05, 4.69) is 4.98 Å². The lowest BCUT2D eigenvalue weighted by atomic mass is 9.97. The van der Waals surface area contributed by atoms with Gasteiger partial charge in [0.15, 0.2) is 5.78 Å². The van der Waals surface area contributed by atoms with Crippen LogP contribution in [0.1, 0.15) is 26.3 Å². The molecule has 0 fully saturated rings. The van der Waals surface area contributed by atoms with E-state index in [-0.39, 0.29) is 22.3 Å². The summed E-state index contributed by atoms with van der Waals surface area (Å²) in [5.41, 5.74) is 0.929. The summed E-state index contributed by atoms with van der Waals surface area (Å²) in [4.78, 5) is 29.0. The highest BCUT2D eigenvalue weighted by molar-refractivity contribution is 6.18. The first kappa shape index (κ1) is 14.8. The highest BCUT2D eigenvalue weighted by Gasteiger charge is 2.22. The minimum absolute atomic E-state index is 0.0193. The smallest absolute Gasteiger partial charge is 0.339 e. The molecule has 0 amide bonds. The Labute approximate surface area is 131 Å². The van der Waals surface area contributed by atoms with E-state index in [0.717, 1.165) is 0 Å². The summed E-state index contributed by atoms with van der Waals surface area (Å²) in [5, 5.41) is 0.249. The molecule has 0 aliphatic heterocycles. The maximum absolute atomic E-state index is 13.6. The maximum Gasteiger partial charge on any atom is 0.339 e. The van der Waals surface area contributed by atoms with Gasteiger partial charge in [0.05, 0.1) is 23.8 Å². The molecule has 1 aromatic heterocycles. The van der Waals surface area contributed by atoms with Crippen molar-refractivity contribution in [3.05, 3.63) is 77.2 Å². The predicted molar refractivity (Wildman–Crippen MR) is 82.9 cm³/mol. The van der Waals surface area contributed by atoms with Crippen molar-refractivity contribution in [3.63, 3.8) is 0 Å². The van der Waals surface area contributed by atoms with Gasteiger partial charge in [0.2, 0.25) is 0 Å². The lowest BCUT2D eigenvalue weighted by Crippen LogP contribution is -2.13. The van der Waals surface area contributed by atoms with Crippen molar-refractivity contribution < 1.29 is 18.7 Å². The molecule has 2 aromatic carbocycles. The van der Waals surface area contributed by atoms with Gasteiger partial charge in [0.25, 0.3) is 0 Å². The van der Waals surface area contributed by atoms with E-state index in [4.69, 9.17) is 4.74 Å². The monoisotopic (exact) mass is 309 g/mol. The minimum Gasteiger partial charge on any atom is -0.465 e. The number of fused-ring (bicyclic) bond motifs is 1. The van der Waals surface area contributed by atoms with Crippen LogP contribution >= 0.6 is 0 Å². The van der Waals surface area contributed by atoms with E-state index < -0.39 is 11.8 Å². The van der Waals surface area contributed by atoms with Gasteiger partial charge in [0.1, 0.15) is 5.82 Å². The summed E-state index contributed by atoms with van der Waals surface area (Å²) in [6, 6.07) is 12.4. The number of carbonyl (C=O) groups excluding carboxylic acids is 2. The molecule has 23 heavy (non-hydrogen) atoms. The van der Waals surface area contributed by atoms with E-state index in [9.17, 15) is 14.0 Å². The van der Waals surface area contributed by atoms with E-state index in [1.165, 1.54) is 31.5 Å². The number of carbonyl (C=O) groups is 2. The van der Waals surface area contributed by atoms with Crippen molar-refractivity contribution in [2.24, 2.45) is 0 Å². The van der Waals surface area contributed by atoms with Crippen LogP contribution in [-0.2, 0) is 4.74 Å². The van der Waals surface area contributed by atoms with Gasteiger partial charge in [0, 0.05) is 17.1 Å². The predicted octanol–water partition coefficient (Wildman–Crippen LogP) is 3.39. The molecule has 0 spiro atoms. The Morgan fingerprint density at radius 1 is 1.09 bits per heavy atom. The van der Waals surface area contributed by atoms with E-state index >= 15 is 0 Å². The van der Waals surface area contributed by atoms with Gasteiger partial charge in [-0.25, -0.2) is 9.18 Å². The van der Waals surface area contributed by atoms with E-state index in [1.54, 1.807) is 30.3 Å². The second kappa shape index (κ2) is 5.96. The van der Waals surface area contributed by atoms with Gasteiger partial charge in [-0.3, -0.25) is 9.78 Å². The number of halogens is 1. The minimum atomic E-state index is -0.706. The average Bonchev–Trinajstić information content (AvgIpc) is 2.60. The fraction of sp³-hybridized carbons (Fsp3) is 0.0556. The number of nitrogens with zero attached hydrogens (tertiary/aromatic N) is 1. The molecule has 0 radical (unpaired) electrons. The molecule has 1 heterocycles. The number of ether oxygens (including phenoxy) is 1. The Bertz CT molecular complexity index is 907. The second-order valence-corrected chi connectivity index (χ2v) is 4.90. The third-order valence-electron chi connectivity index (χ3n) is 3.50. The molecule has 5 heteroatoms. The summed E-state index contributed by atoms with van der Waals surface area (Å²) in [6.07, 6.45) is 1.32. The van der Waals surface area contributed by atoms with Crippen LogP contribution in [0.4, 0.5) is 4.39 Å². The second-order valence-electron chi connectivity index (χ2n) is 4.90. The molecule has 0 aliphatic rings. The largest absolute Gasteiger partial charge is 0.465 e. The topological polar surface area (TPSA) is 56.3 Å². The zero-order valence-corrected chi connectivity index (χ0v) is 12.2. The van der Waals surface area contributed by atoms with Gasteiger partial charge in [-0.2, -0.15) is 0 Å². The number of aromatic nitrogens is 1. The molecule has 0 unspecified atom stereocenters. The molecule has 3 aromatic rings. The van der Waals surface area contributed by atoms with Crippen LogP contribution in [-0.4, -0.2) is 23.8 Å². The summed E-state index contributed by atoms with van der Waals surface area (Å²) in [5.74, 6) is -1.60. The molecular weight excluding hydrogens is 297 g/mol. The van der Waals surface area contributed by atoms with Crippen LogP contribution in [0.15, 0.2) is 54.7 Å². The third kappa shape index (κ3) is 2.68. The Hall–Kier alpha value is -3.08. The number of methoxy groups -OCH3 is 1. The van der Waals surface area contributed by atoms with Crippen molar-refractivity contribution >= 4 is 22.7 Å². The lowest BCUT2D eigenvalue weighted by Gasteiger charge is -2.10. The van der Waals surface area contributed by atoms with Crippen molar-refractivity contribution in [2.75, 3.05) is 7.11 Å². The molecule has 3 rings (SSSR count). The number of rotatable bonds is 3. The molecule has 0 aliphatic carbocycles. The zero-order valence-electron chi connectivity index (χ0n) is 12.2. The number of benzene rings is 2. The Kier molecular flexibility index (Phi) is 3.85. The van der Waals surface area contributed by atoms with Crippen LogP contribution in [0, 0.1) is 5.82 Å². The Morgan fingerprint density at radius 3 is 2.52 bits per heavy atom. The molecule has 114 valence electrons. The first-order chi connectivity index (χ1) is 11.1. The third-order valence-corrected chi connectivity index (χ3v) is 3.50. The first-order valence-corrected chi connectivity index (χ1v) is 6.88. The fourth-order valence-corrected chi connectivity index (χ4v) is 2.40. The van der Waals surface area contributed by atoms with Gasteiger partial charge in [-0.15, -0.1) is 0 Å². The number of hydrogen-bond acceptors (Lipinski definition) is 4. The highest BCUT2D eigenvalue weighted by atomic mass is 19.1. The van der Waals surface area contributed by atoms with Crippen molar-refractivity contribution in [1.29, 1.82) is 0 Å². The van der Waals surface area contributed by atoms with Crippen molar-refractivity contribution in [2.45, 2.75) is 0 Å². The number of pyridine rings is 1. The number of ketones is 1. The zero-order chi connectivity index (χ0) is 16.4. The first-order valence-electron chi connectivity index (χ1n) is 6.88. The molecule has 0 N–H and O–H groups in total. The van der Waals surface area contributed by atoms with Gasteiger partial charge < -0.3 is 4.74 Å². The van der Waals surface area contributed by atoms with Gasteiger partial charge in [-0.1, -0.05) is 30.3 Å². The van der Waals surface area contributed by atoms with Gasteiger partial charge >= 0.3 is 5.97 Å². The molecule has 0 saturated carbocycles. The molecule has 0 atom stereocenters. The normalized spacial score (nSPS) is 10.5. The van der Waals surface area contributed by atoms with E-state index in [0.29, 0.717) is 11.1 Å². The van der Waals surface area contributed by atoms with Gasteiger partial charge in [-0.05, 0) is 18.2 Å². The van der Waals surface area contributed by atoms with Crippen LogP contribution in [0.25, 0.3) is 10.9 Å². The van der Waals surface area contributed by atoms with Crippen LogP contribution in [0.3, 0.4) is 0 Å². The van der Waals surface area contributed by atoms with Crippen molar-refractivity contribution in [3.8, 4) is 0 Å². The fourth-order valence-electron chi connectivity index (χ4n) is 2.40. The quantitative estimate of drug-likeness (QED) is 0.549. The highest BCUT2D eigenvalue weighted by Crippen LogP contribution is 2.24. The molecular formula is C18H12FNO3. The number of hydrogen-bond donors (Lipinski definition) is 0. The van der Waals surface area contributed by atoms with Crippen LogP contribution < -0.4 is 0 Å². The SMILES string of the molecule is COC(=O)c1c(C(=O)c2ccccc2)cnc2ccc(F)cc12. The number of esters is 1. The van der Waals surface area contributed by atoms with Crippen LogP contribution in [0.2, 0.25) is 0 Å². The maximum atomic E-state index is 13.6. The Balaban J connectivity index is 2.28. The van der Waals surface area contributed by atoms with Crippen molar-refractivity contribution in [1.82, 2.24) is 4.98 Å².